The standard InChI is InChI=1S/C6H9N3O2S/c1-4-5(12-8-7-4)6(10)9(2)11-3/h1-3H3. The maximum Gasteiger partial charge on any atom is 0.290 e. The minimum atomic E-state index is -0.218. The van der Waals surface area contributed by atoms with Crippen LogP contribution in [0.15, 0.2) is 0 Å². The minimum absolute atomic E-state index is 0.218. The number of carbonyl (C=O) groups is 1. The van der Waals surface area contributed by atoms with Gasteiger partial charge in [0, 0.05) is 7.05 Å². The van der Waals surface area contributed by atoms with Gasteiger partial charge in [0.2, 0.25) is 0 Å². The van der Waals surface area contributed by atoms with Crippen LogP contribution in [-0.2, 0) is 4.84 Å². The fourth-order valence-electron chi connectivity index (χ4n) is 0.654. The third kappa shape index (κ3) is 1.59. The van der Waals surface area contributed by atoms with Crippen molar-refractivity contribution in [3.05, 3.63) is 10.6 Å². The Morgan fingerprint density at radius 1 is 1.67 bits per heavy atom. The molecule has 0 N–H and O–H groups in total. The van der Waals surface area contributed by atoms with Crippen molar-refractivity contribution >= 4 is 17.4 Å². The topological polar surface area (TPSA) is 55.3 Å². The molecule has 0 aliphatic heterocycles. The SMILES string of the molecule is CON(C)C(=O)c1snnc1C. The smallest absolute Gasteiger partial charge is 0.274 e. The Bertz CT molecular complexity index is 286. The fraction of sp³-hybridized carbons (Fsp3) is 0.500. The maximum absolute atomic E-state index is 11.4. The van der Waals surface area contributed by atoms with Gasteiger partial charge in [-0.05, 0) is 18.5 Å². The second kappa shape index (κ2) is 3.59. The van der Waals surface area contributed by atoms with Gasteiger partial charge in [-0.3, -0.25) is 9.63 Å². The molecule has 0 fully saturated rings. The molecule has 0 radical (unpaired) electrons. The van der Waals surface area contributed by atoms with Crippen LogP contribution in [0.5, 0.6) is 0 Å². The molecule has 12 heavy (non-hydrogen) atoms. The third-order valence-electron chi connectivity index (χ3n) is 1.41. The molecule has 1 amide bonds. The van der Waals surface area contributed by atoms with Gasteiger partial charge in [0.15, 0.2) is 0 Å². The molecule has 0 aliphatic rings. The van der Waals surface area contributed by atoms with E-state index >= 15 is 0 Å². The molecular formula is C6H9N3O2S. The molecule has 0 aromatic carbocycles. The number of nitrogens with zero attached hydrogens (tertiary/aromatic N) is 3. The number of hydroxylamine groups is 2. The van der Waals surface area contributed by atoms with Crippen LogP contribution in [0.1, 0.15) is 15.4 Å². The normalized spacial score (nSPS) is 9.92. The maximum atomic E-state index is 11.4. The highest BCUT2D eigenvalue weighted by molar-refractivity contribution is 7.07. The number of carbonyl (C=O) groups excluding carboxylic acids is 1. The first-order valence-electron chi connectivity index (χ1n) is 3.28. The Kier molecular flexibility index (Phi) is 2.72. The quantitative estimate of drug-likeness (QED) is 0.632. The summed E-state index contributed by atoms with van der Waals surface area (Å²) < 4.78 is 3.65. The summed E-state index contributed by atoms with van der Waals surface area (Å²) in [5, 5.41) is 4.86. The molecule has 0 saturated heterocycles. The van der Waals surface area contributed by atoms with Crippen molar-refractivity contribution in [3.63, 3.8) is 0 Å². The van der Waals surface area contributed by atoms with Gasteiger partial charge in [0.05, 0.1) is 12.8 Å². The van der Waals surface area contributed by atoms with Gasteiger partial charge in [0.25, 0.3) is 5.91 Å². The summed E-state index contributed by atoms with van der Waals surface area (Å²) in [5.74, 6) is -0.218. The average molecular weight is 187 g/mol. The molecule has 0 atom stereocenters. The molecule has 1 aromatic rings. The molecule has 1 rings (SSSR count). The van der Waals surface area contributed by atoms with Gasteiger partial charge in [-0.15, -0.1) is 5.10 Å². The Hall–Kier alpha value is -1.01. The highest BCUT2D eigenvalue weighted by Crippen LogP contribution is 2.11. The lowest BCUT2D eigenvalue weighted by molar-refractivity contribution is -0.0754. The monoisotopic (exact) mass is 187 g/mol. The van der Waals surface area contributed by atoms with Gasteiger partial charge in [-0.25, -0.2) is 5.06 Å². The number of hydrogen-bond acceptors (Lipinski definition) is 5. The van der Waals surface area contributed by atoms with E-state index in [1.54, 1.807) is 14.0 Å². The van der Waals surface area contributed by atoms with E-state index in [0.29, 0.717) is 10.6 Å². The van der Waals surface area contributed by atoms with E-state index in [-0.39, 0.29) is 5.91 Å². The first-order valence-corrected chi connectivity index (χ1v) is 4.05. The largest absolute Gasteiger partial charge is 0.290 e. The van der Waals surface area contributed by atoms with Crippen LogP contribution in [-0.4, -0.2) is 34.7 Å². The Morgan fingerprint density at radius 3 is 2.75 bits per heavy atom. The van der Waals surface area contributed by atoms with Crippen LogP contribution in [0.3, 0.4) is 0 Å². The molecular weight excluding hydrogens is 178 g/mol. The van der Waals surface area contributed by atoms with Gasteiger partial charge in [-0.2, -0.15) is 0 Å². The van der Waals surface area contributed by atoms with Crippen LogP contribution >= 0.6 is 11.5 Å². The van der Waals surface area contributed by atoms with E-state index in [0.717, 1.165) is 16.6 Å². The van der Waals surface area contributed by atoms with Gasteiger partial charge >= 0.3 is 0 Å². The van der Waals surface area contributed by atoms with Crippen LogP contribution in [0, 0.1) is 6.92 Å². The minimum Gasteiger partial charge on any atom is -0.274 e. The zero-order valence-electron chi connectivity index (χ0n) is 7.07. The van der Waals surface area contributed by atoms with E-state index in [1.165, 1.54) is 7.11 Å². The van der Waals surface area contributed by atoms with Crippen molar-refractivity contribution in [1.82, 2.24) is 14.7 Å². The average Bonchev–Trinajstić information content (AvgIpc) is 2.48. The first kappa shape index (κ1) is 9.08. The zero-order valence-corrected chi connectivity index (χ0v) is 7.88. The molecule has 1 heterocycles. The van der Waals surface area contributed by atoms with Crippen LogP contribution < -0.4 is 0 Å². The lowest BCUT2D eigenvalue weighted by Crippen LogP contribution is -2.25. The van der Waals surface area contributed by atoms with Gasteiger partial charge in [0.1, 0.15) is 4.88 Å². The molecule has 1 aromatic heterocycles. The summed E-state index contributed by atoms with van der Waals surface area (Å²) in [7, 11) is 2.98. The van der Waals surface area contributed by atoms with Gasteiger partial charge in [-0.1, -0.05) is 4.49 Å². The lowest BCUT2D eigenvalue weighted by Gasteiger charge is -2.11. The van der Waals surface area contributed by atoms with E-state index < -0.39 is 0 Å². The fourth-order valence-corrected chi connectivity index (χ4v) is 1.28. The first-order chi connectivity index (χ1) is 5.66. The number of aromatic nitrogens is 2. The van der Waals surface area contributed by atoms with E-state index in [4.69, 9.17) is 4.84 Å². The molecule has 5 nitrogen and oxygen atoms in total. The molecule has 0 bridgehead atoms. The number of amides is 1. The summed E-state index contributed by atoms with van der Waals surface area (Å²) in [5.41, 5.74) is 0.633. The number of rotatable bonds is 2. The number of aryl methyl sites for hydroxylation is 1. The summed E-state index contributed by atoms with van der Waals surface area (Å²) >= 11 is 1.07. The van der Waals surface area contributed by atoms with Crippen molar-refractivity contribution in [3.8, 4) is 0 Å². The highest BCUT2D eigenvalue weighted by Gasteiger charge is 2.16. The Morgan fingerprint density at radius 2 is 2.33 bits per heavy atom. The highest BCUT2D eigenvalue weighted by atomic mass is 32.1. The van der Waals surface area contributed by atoms with Gasteiger partial charge < -0.3 is 0 Å². The van der Waals surface area contributed by atoms with Crippen molar-refractivity contribution < 1.29 is 9.63 Å². The molecule has 6 heteroatoms. The van der Waals surface area contributed by atoms with Crippen molar-refractivity contribution in [2.24, 2.45) is 0 Å². The summed E-state index contributed by atoms with van der Waals surface area (Å²) in [6.07, 6.45) is 0. The van der Waals surface area contributed by atoms with Crippen LogP contribution in [0.2, 0.25) is 0 Å². The predicted octanol–water partition coefficient (Wildman–Crippen LogP) is 0.480. The van der Waals surface area contributed by atoms with Crippen LogP contribution in [0.4, 0.5) is 0 Å². The summed E-state index contributed by atoms with van der Waals surface area (Å²) in [6.45, 7) is 1.74. The predicted molar refractivity (Wildman–Crippen MR) is 43.7 cm³/mol. The zero-order chi connectivity index (χ0) is 9.14. The van der Waals surface area contributed by atoms with E-state index in [2.05, 4.69) is 9.59 Å². The van der Waals surface area contributed by atoms with Crippen molar-refractivity contribution in [2.45, 2.75) is 6.92 Å². The van der Waals surface area contributed by atoms with Crippen molar-refractivity contribution in [2.75, 3.05) is 14.2 Å². The second-order valence-electron chi connectivity index (χ2n) is 2.17. The third-order valence-corrected chi connectivity index (χ3v) is 2.22. The number of hydrogen-bond donors (Lipinski definition) is 0. The molecule has 0 spiro atoms. The molecule has 0 saturated carbocycles. The van der Waals surface area contributed by atoms with E-state index in [1.807, 2.05) is 0 Å². The lowest BCUT2D eigenvalue weighted by atomic mass is 10.4. The van der Waals surface area contributed by atoms with Crippen molar-refractivity contribution in [1.29, 1.82) is 0 Å². The molecule has 0 unspecified atom stereocenters. The van der Waals surface area contributed by atoms with E-state index in [9.17, 15) is 4.79 Å². The second-order valence-corrected chi connectivity index (χ2v) is 2.93. The van der Waals surface area contributed by atoms with Crippen LogP contribution in [0.25, 0.3) is 0 Å². The summed E-state index contributed by atoms with van der Waals surface area (Å²) in [4.78, 5) is 16.6. The Labute approximate surface area is 74.1 Å². The Balaban J connectivity index is 2.85. The molecule has 0 aliphatic carbocycles. The summed E-state index contributed by atoms with van der Waals surface area (Å²) in [6, 6.07) is 0. The molecule has 66 valence electrons.